The SMILES string of the molecule is CCCNC(c1ccc(C)o1)c1ccccc1C1CCC1. The van der Waals surface area contributed by atoms with E-state index in [9.17, 15) is 0 Å². The molecule has 0 saturated heterocycles. The van der Waals surface area contributed by atoms with E-state index in [1.807, 2.05) is 6.92 Å². The molecule has 0 aliphatic heterocycles. The number of nitrogens with one attached hydrogen (secondary N) is 1. The number of hydrogen-bond acceptors (Lipinski definition) is 2. The van der Waals surface area contributed by atoms with Crippen LogP contribution in [0, 0.1) is 6.92 Å². The number of rotatable bonds is 6. The van der Waals surface area contributed by atoms with Gasteiger partial charge in [0.2, 0.25) is 0 Å². The van der Waals surface area contributed by atoms with Crippen LogP contribution in [0.5, 0.6) is 0 Å². The standard InChI is InChI=1S/C19H25NO/c1-3-13-20-19(18-12-11-14(2)21-18)17-10-5-4-9-16(17)15-7-6-8-15/h4-5,9-12,15,19-20H,3,6-8,13H2,1-2H3. The fourth-order valence-electron chi connectivity index (χ4n) is 3.13. The van der Waals surface area contributed by atoms with Gasteiger partial charge in [0.15, 0.2) is 0 Å². The fourth-order valence-corrected chi connectivity index (χ4v) is 3.13. The summed E-state index contributed by atoms with van der Waals surface area (Å²) >= 11 is 0. The molecule has 0 spiro atoms. The smallest absolute Gasteiger partial charge is 0.125 e. The molecule has 2 aromatic rings. The Morgan fingerprint density at radius 3 is 2.62 bits per heavy atom. The van der Waals surface area contributed by atoms with Crippen LogP contribution in [0.15, 0.2) is 40.8 Å². The van der Waals surface area contributed by atoms with E-state index in [2.05, 4.69) is 48.6 Å². The van der Waals surface area contributed by atoms with Crippen molar-refractivity contribution >= 4 is 0 Å². The van der Waals surface area contributed by atoms with Gasteiger partial charge in [-0.2, -0.15) is 0 Å². The summed E-state index contributed by atoms with van der Waals surface area (Å²) in [7, 11) is 0. The van der Waals surface area contributed by atoms with Crippen LogP contribution < -0.4 is 5.32 Å². The van der Waals surface area contributed by atoms with E-state index in [1.165, 1.54) is 30.4 Å². The van der Waals surface area contributed by atoms with Gasteiger partial charge in [-0.1, -0.05) is 37.6 Å². The lowest BCUT2D eigenvalue weighted by molar-refractivity contribution is 0.402. The first kappa shape index (κ1) is 14.4. The lowest BCUT2D eigenvalue weighted by Crippen LogP contribution is -2.25. The van der Waals surface area contributed by atoms with E-state index in [0.717, 1.165) is 30.4 Å². The van der Waals surface area contributed by atoms with E-state index in [0.29, 0.717) is 0 Å². The highest BCUT2D eigenvalue weighted by Gasteiger charge is 2.26. The minimum atomic E-state index is 0.176. The van der Waals surface area contributed by atoms with Crippen LogP contribution in [-0.2, 0) is 0 Å². The van der Waals surface area contributed by atoms with E-state index >= 15 is 0 Å². The number of hydrogen-bond donors (Lipinski definition) is 1. The van der Waals surface area contributed by atoms with Crippen molar-refractivity contribution in [3.63, 3.8) is 0 Å². The zero-order chi connectivity index (χ0) is 14.7. The summed E-state index contributed by atoms with van der Waals surface area (Å²) in [6.07, 6.45) is 5.15. The molecule has 1 fully saturated rings. The van der Waals surface area contributed by atoms with Crippen LogP contribution in [0.25, 0.3) is 0 Å². The molecule has 1 unspecified atom stereocenters. The molecule has 1 heterocycles. The molecular weight excluding hydrogens is 258 g/mol. The van der Waals surface area contributed by atoms with Gasteiger partial charge in [-0.05, 0) is 61.9 Å². The quantitative estimate of drug-likeness (QED) is 0.812. The van der Waals surface area contributed by atoms with Gasteiger partial charge in [0, 0.05) is 0 Å². The summed E-state index contributed by atoms with van der Waals surface area (Å²) in [5.41, 5.74) is 2.90. The molecule has 2 nitrogen and oxygen atoms in total. The van der Waals surface area contributed by atoms with Gasteiger partial charge in [-0.15, -0.1) is 0 Å². The second-order valence-corrected chi connectivity index (χ2v) is 6.09. The van der Waals surface area contributed by atoms with Crippen molar-refractivity contribution < 1.29 is 4.42 Å². The lowest BCUT2D eigenvalue weighted by Gasteiger charge is -2.30. The predicted molar refractivity (Wildman–Crippen MR) is 86.6 cm³/mol. The van der Waals surface area contributed by atoms with Gasteiger partial charge in [-0.3, -0.25) is 0 Å². The molecule has 0 amide bonds. The maximum absolute atomic E-state index is 5.92. The molecule has 1 saturated carbocycles. The Morgan fingerprint density at radius 2 is 2.00 bits per heavy atom. The van der Waals surface area contributed by atoms with E-state index in [-0.39, 0.29) is 6.04 Å². The highest BCUT2D eigenvalue weighted by molar-refractivity contribution is 5.38. The van der Waals surface area contributed by atoms with Crippen molar-refractivity contribution in [3.8, 4) is 0 Å². The molecule has 1 aromatic carbocycles. The molecule has 0 radical (unpaired) electrons. The third kappa shape index (κ3) is 3.06. The predicted octanol–water partition coefficient (Wildman–Crippen LogP) is 4.94. The van der Waals surface area contributed by atoms with E-state index in [4.69, 9.17) is 4.42 Å². The Bertz CT molecular complexity index is 583. The second kappa shape index (κ2) is 6.48. The Hall–Kier alpha value is -1.54. The Morgan fingerprint density at radius 1 is 1.19 bits per heavy atom. The molecular formula is C19H25NO. The molecule has 1 atom stereocenters. The van der Waals surface area contributed by atoms with Crippen LogP contribution >= 0.6 is 0 Å². The fraction of sp³-hybridized carbons (Fsp3) is 0.474. The van der Waals surface area contributed by atoms with Gasteiger partial charge in [0.25, 0.3) is 0 Å². The molecule has 2 heteroatoms. The van der Waals surface area contributed by atoms with Crippen LogP contribution in [0.4, 0.5) is 0 Å². The van der Waals surface area contributed by atoms with Crippen molar-refractivity contribution in [2.24, 2.45) is 0 Å². The molecule has 3 rings (SSSR count). The normalized spacial score (nSPS) is 16.7. The van der Waals surface area contributed by atoms with Crippen molar-refractivity contribution in [3.05, 3.63) is 59.0 Å². The van der Waals surface area contributed by atoms with Gasteiger partial charge in [0.1, 0.15) is 11.5 Å². The van der Waals surface area contributed by atoms with Crippen molar-refractivity contribution in [2.75, 3.05) is 6.54 Å². The van der Waals surface area contributed by atoms with Gasteiger partial charge in [0.05, 0.1) is 6.04 Å². The summed E-state index contributed by atoms with van der Waals surface area (Å²) < 4.78 is 5.92. The van der Waals surface area contributed by atoms with Crippen LogP contribution in [0.2, 0.25) is 0 Å². The maximum atomic E-state index is 5.92. The zero-order valence-corrected chi connectivity index (χ0v) is 13.1. The molecule has 1 aliphatic rings. The third-order valence-corrected chi connectivity index (χ3v) is 4.50. The second-order valence-electron chi connectivity index (χ2n) is 6.09. The summed E-state index contributed by atoms with van der Waals surface area (Å²) in [6.45, 7) is 5.22. The number of furan rings is 1. The van der Waals surface area contributed by atoms with E-state index in [1.54, 1.807) is 0 Å². The van der Waals surface area contributed by atoms with Crippen LogP contribution in [-0.4, -0.2) is 6.54 Å². The molecule has 1 aliphatic carbocycles. The molecule has 1 N–H and O–H groups in total. The first-order chi connectivity index (χ1) is 10.3. The monoisotopic (exact) mass is 283 g/mol. The minimum absolute atomic E-state index is 0.176. The Balaban J connectivity index is 1.95. The van der Waals surface area contributed by atoms with Crippen molar-refractivity contribution in [1.82, 2.24) is 5.32 Å². The summed E-state index contributed by atoms with van der Waals surface area (Å²) in [6, 6.07) is 13.2. The molecule has 112 valence electrons. The lowest BCUT2D eigenvalue weighted by atomic mass is 9.77. The number of aryl methyl sites for hydroxylation is 1. The van der Waals surface area contributed by atoms with E-state index < -0.39 is 0 Å². The average molecular weight is 283 g/mol. The summed E-state index contributed by atoms with van der Waals surface area (Å²) in [4.78, 5) is 0. The molecule has 21 heavy (non-hydrogen) atoms. The Labute approximate surface area is 127 Å². The maximum Gasteiger partial charge on any atom is 0.125 e. The highest BCUT2D eigenvalue weighted by Crippen LogP contribution is 2.40. The van der Waals surface area contributed by atoms with Crippen LogP contribution in [0.1, 0.15) is 67.2 Å². The molecule has 1 aromatic heterocycles. The highest BCUT2D eigenvalue weighted by atomic mass is 16.3. The summed E-state index contributed by atoms with van der Waals surface area (Å²) in [5, 5.41) is 3.67. The largest absolute Gasteiger partial charge is 0.464 e. The van der Waals surface area contributed by atoms with Gasteiger partial charge in [-0.25, -0.2) is 0 Å². The average Bonchev–Trinajstić information content (AvgIpc) is 2.85. The van der Waals surface area contributed by atoms with Crippen molar-refractivity contribution in [2.45, 2.75) is 51.5 Å². The van der Waals surface area contributed by atoms with Gasteiger partial charge < -0.3 is 9.73 Å². The first-order valence-corrected chi connectivity index (χ1v) is 8.18. The van der Waals surface area contributed by atoms with Crippen LogP contribution in [0.3, 0.4) is 0 Å². The molecule has 0 bridgehead atoms. The first-order valence-electron chi connectivity index (χ1n) is 8.18. The summed E-state index contributed by atoms with van der Waals surface area (Å²) in [5.74, 6) is 2.75. The minimum Gasteiger partial charge on any atom is -0.464 e. The number of benzene rings is 1. The van der Waals surface area contributed by atoms with Crippen molar-refractivity contribution in [1.29, 1.82) is 0 Å². The van der Waals surface area contributed by atoms with Gasteiger partial charge >= 0.3 is 0 Å². The zero-order valence-electron chi connectivity index (χ0n) is 13.1. The Kier molecular flexibility index (Phi) is 4.45. The third-order valence-electron chi connectivity index (χ3n) is 4.50. The topological polar surface area (TPSA) is 25.2 Å².